The minimum Gasteiger partial charge on any atom is -0.301 e. The predicted molar refractivity (Wildman–Crippen MR) is 61.2 cm³/mol. The molecule has 0 atom stereocenters. The maximum atomic E-state index is 11.8. The molecule has 0 aliphatic carbocycles. The molecule has 0 aliphatic heterocycles. The fourth-order valence-electron chi connectivity index (χ4n) is 1.07. The van der Waals surface area contributed by atoms with Crippen molar-refractivity contribution in [3.8, 4) is 0 Å². The Labute approximate surface area is 102 Å². The maximum Gasteiger partial charge on any atom is 0.429 e. The molecular weight excluding hydrogens is 246 g/mol. The van der Waals surface area contributed by atoms with E-state index in [4.69, 9.17) is 11.6 Å². The summed E-state index contributed by atoms with van der Waals surface area (Å²) >= 11 is 4.89. The van der Waals surface area contributed by atoms with E-state index in [9.17, 15) is 14.4 Å². The molecule has 88 valence electrons. The second kappa shape index (κ2) is 5.91. The third kappa shape index (κ3) is 3.81. The van der Waals surface area contributed by atoms with Crippen LogP contribution in [-0.2, 0) is 9.63 Å². The van der Waals surface area contributed by atoms with E-state index in [1.54, 1.807) is 18.2 Å². The van der Waals surface area contributed by atoms with E-state index in [0.29, 0.717) is 0 Å². The van der Waals surface area contributed by atoms with Crippen LogP contribution in [0.5, 0.6) is 0 Å². The molecule has 0 fully saturated rings. The van der Waals surface area contributed by atoms with Crippen molar-refractivity contribution in [3.05, 3.63) is 35.9 Å². The Morgan fingerprint density at radius 3 is 2.24 bits per heavy atom. The van der Waals surface area contributed by atoms with Gasteiger partial charge in [-0.3, -0.25) is 9.59 Å². The fourth-order valence-corrected chi connectivity index (χ4v) is 1.11. The summed E-state index contributed by atoms with van der Waals surface area (Å²) in [5, 5.41) is 3.14. The van der Waals surface area contributed by atoms with Gasteiger partial charge in [0.05, 0.1) is 0 Å². The number of carbonyl (C=O) groups is 3. The van der Waals surface area contributed by atoms with Gasteiger partial charge in [-0.15, -0.1) is 0 Å². The molecule has 5 nitrogen and oxygen atoms in total. The Morgan fingerprint density at radius 1 is 1.18 bits per heavy atom. The highest BCUT2D eigenvalue weighted by atomic mass is 35.5. The number of hydrogen-bond acceptors (Lipinski definition) is 5. The summed E-state index contributed by atoms with van der Waals surface area (Å²) < 4.78 is 0. The number of Topliss-reactive ketones (excluding diaryl/α,β-unsaturated/α-hetero) is 2. The molecule has 0 aromatic heterocycles. The first kappa shape index (κ1) is 13.1. The van der Waals surface area contributed by atoms with Gasteiger partial charge in [-0.2, -0.15) is 0 Å². The van der Waals surface area contributed by atoms with Crippen LogP contribution in [0.15, 0.2) is 35.5 Å². The second-order valence-corrected chi connectivity index (χ2v) is 3.33. The molecule has 17 heavy (non-hydrogen) atoms. The standard InChI is InChI=1S/C11H8ClNO4/c1-7(14)9(13-17-11(12)16)10(15)8-5-3-2-4-6-8/h2-6H,1H3/b13-9-. The topological polar surface area (TPSA) is 72.8 Å². The number of halogens is 1. The molecule has 0 amide bonds. The van der Waals surface area contributed by atoms with Crippen molar-refractivity contribution in [2.75, 3.05) is 0 Å². The highest BCUT2D eigenvalue weighted by molar-refractivity contribution is 6.69. The van der Waals surface area contributed by atoms with Crippen LogP contribution in [0.25, 0.3) is 0 Å². The molecule has 0 saturated heterocycles. The Morgan fingerprint density at radius 2 is 1.76 bits per heavy atom. The van der Waals surface area contributed by atoms with Crippen LogP contribution in [0.1, 0.15) is 17.3 Å². The number of rotatable bonds is 4. The first-order chi connectivity index (χ1) is 8.02. The van der Waals surface area contributed by atoms with Crippen LogP contribution in [0, 0.1) is 0 Å². The summed E-state index contributed by atoms with van der Waals surface area (Å²) in [7, 11) is 0. The van der Waals surface area contributed by atoms with E-state index >= 15 is 0 Å². The highest BCUT2D eigenvalue weighted by Crippen LogP contribution is 2.03. The van der Waals surface area contributed by atoms with E-state index < -0.39 is 22.7 Å². The van der Waals surface area contributed by atoms with Gasteiger partial charge in [0.2, 0.25) is 5.78 Å². The van der Waals surface area contributed by atoms with Gasteiger partial charge in [0.1, 0.15) is 0 Å². The van der Waals surface area contributed by atoms with Crippen LogP contribution >= 0.6 is 11.6 Å². The first-order valence-electron chi connectivity index (χ1n) is 4.57. The zero-order valence-electron chi connectivity index (χ0n) is 8.84. The molecule has 0 aliphatic rings. The molecule has 0 radical (unpaired) electrons. The summed E-state index contributed by atoms with van der Waals surface area (Å²) in [5.74, 6) is -1.24. The number of benzene rings is 1. The van der Waals surface area contributed by atoms with Crippen LogP contribution in [0.2, 0.25) is 0 Å². The molecule has 1 rings (SSSR count). The van der Waals surface area contributed by atoms with E-state index in [1.807, 2.05) is 0 Å². The maximum absolute atomic E-state index is 11.8. The molecule has 0 N–H and O–H groups in total. The Balaban J connectivity index is 3.01. The smallest absolute Gasteiger partial charge is 0.301 e. The second-order valence-electron chi connectivity index (χ2n) is 3.02. The van der Waals surface area contributed by atoms with Crippen molar-refractivity contribution >= 4 is 34.3 Å². The monoisotopic (exact) mass is 253 g/mol. The SMILES string of the molecule is CC(=O)/C(=N/OC(=O)Cl)C(=O)c1ccccc1. The Kier molecular flexibility index (Phi) is 4.54. The van der Waals surface area contributed by atoms with E-state index in [0.717, 1.165) is 6.92 Å². The molecule has 0 saturated carbocycles. The quantitative estimate of drug-likeness (QED) is 0.206. The van der Waals surface area contributed by atoms with Gasteiger partial charge in [-0.1, -0.05) is 35.5 Å². The van der Waals surface area contributed by atoms with Gasteiger partial charge in [-0.05, 0) is 0 Å². The Hall–Kier alpha value is -2.01. The predicted octanol–water partition coefficient (Wildman–Crippen LogP) is 2.19. The summed E-state index contributed by atoms with van der Waals surface area (Å²) in [4.78, 5) is 37.4. The van der Waals surface area contributed by atoms with Crippen molar-refractivity contribution in [2.24, 2.45) is 5.16 Å². The largest absolute Gasteiger partial charge is 0.429 e. The van der Waals surface area contributed by atoms with Gasteiger partial charge in [0.15, 0.2) is 11.5 Å². The van der Waals surface area contributed by atoms with Gasteiger partial charge >= 0.3 is 5.43 Å². The van der Waals surface area contributed by atoms with Crippen LogP contribution < -0.4 is 0 Å². The molecule has 0 unspecified atom stereocenters. The average molecular weight is 254 g/mol. The van der Waals surface area contributed by atoms with Crippen LogP contribution in [0.4, 0.5) is 4.79 Å². The fraction of sp³-hybridized carbons (Fsp3) is 0.0909. The molecule has 0 spiro atoms. The van der Waals surface area contributed by atoms with Crippen LogP contribution in [0.3, 0.4) is 0 Å². The summed E-state index contributed by atoms with van der Waals surface area (Å²) in [6.45, 7) is 1.14. The molecule has 6 heteroatoms. The van der Waals surface area contributed by atoms with Gasteiger partial charge in [-0.25, -0.2) is 4.79 Å². The molecule has 0 bridgehead atoms. The van der Waals surface area contributed by atoms with Crippen molar-refractivity contribution in [1.29, 1.82) is 0 Å². The lowest BCUT2D eigenvalue weighted by Gasteiger charge is -2.00. The minimum atomic E-state index is -1.22. The van der Waals surface area contributed by atoms with Crippen molar-refractivity contribution < 1.29 is 19.2 Å². The highest BCUT2D eigenvalue weighted by Gasteiger charge is 2.19. The number of nitrogens with zero attached hydrogens (tertiary/aromatic N) is 1. The number of ketones is 2. The molecule has 0 heterocycles. The molecule has 1 aromatic carbocycles. The summed E-state index contributed by atoms with van der Waals surface area (Å²) in [6.07, 6.45) is 0. The zero-order valence-corrected chi connectivity index (χ0v) is 9.60. The zero-order chi connectivity index (χ0) is 12.8. The van der Waals surface area contributed by atoms with E-state index in [-0.39, 0.29) is 5.56 Å². The lowest BCUT2D eigenvalue weighted by molar-refractivity contribution is -0.111. The average Bonchev–Trinajstić information content (AvgIpc) is 2.29. The summed E-state index contributed by atoms with van der Waals surface area (Å²) in [5.41, 5.74) is -1.43. The summed E-state index contributed by atoms with van der Waals surface area (Å²) in [6, 6.07) is 8.03. The van der Waals surface area contributed by atoms with E-state index in [1.165, 1.54) is 12.1 Å². The van der Waals surface area contributed by atoms with E-state index in [2.05, 4.69) is 9.99 Å². The lowest BCUT2D eigenvalue weighted by Crippen LogP contribution is -2.22. The van der Waals surface area contributed by atoms with Crippen molar-refractivity contribution in [2.45, 2.75) is 6.92 Å². The first-order valence-corrected chi connectivity index (χ1v) is 4.95. The molecule has 1 aromatic rings. The lowest BCUT2D eigenvalue weighted by atomic mass is 10.1. The van der Waals surface area contributed by atoms with Crippen molar-refractivity contribution in [1.82, 2.24) is 0 Å². The van der Waals surface area contributed by atoms with Gasteiger partial charge in [0, 0.05) is 24.1 Å². The number of hydrogen-bond donors (Lipinski definition) is 0. The minimum absolute atomic E-state index is 0.270. The number of carbonyl (C=O) groups excluding carboxylic acids is 3. The van der Waals surface area contributed by atoms with Gasteiger partial charge < -0.3 is 4.84 Å². The molecular formula is C11H8ClNO4. The van der Waals surface area contributed by atoms with Crippen molar-refractivity contribution in [3.63, 3.8) is 0 Å². The normalized spacial score (nSPS) is 10.8. The Bertz CT molecular complexity index is 482. The number of oxime groups is 1. The van der Waals surface area contributed by atoms with Gasteiger partial charge in [0.25, 0.3) is 0 Å². The third-order valence-electron chi connectivity index (χ3n) is 1.79. The van der Waals surface area contributed by atoms with Crippen LogP contribution in [-0.4, -0.2) is 22.7 Å². The third-order valence-corrected chi connectivity index (χ3v) is 1.86.